The van der Waals surface area contributed by atoms with Gasteiger partial charge in [-0.2, -0.15) is 5.10 Å². The number of nitrogens with one attached hydrogen (secondary N) is 1. The Morgan fingerprint density at radius 3 is 2.83 bits per heavy atom. The Balaban J connectivity index is 1.78. The maximum atomic E-state index is 11.6. The van der Waals surface area contributed by atoms with E-state index in [0.717, 1.165) is 37.1 Å². The molecule has 1 aliphatic rings. The summed E-state index contributed by atoms with van der Waals surface area (Å²) in [6.07, 6.45) is 9.73. The molecule has 5 heteroatoms. The van der Waals surface area contributed by atoms with Gasteiger partial charge in [-0.3, -0.25) is 14.5 Å². The first-order valence-corrected chi connectivity index (χ1v) is 8.55. The van der Waals surface area contributed by atoms with Gasteiger partial charge in [0.2, 0.25) is 5.91 Å². The predicted octanol–water partition coefficient (Wildman–Crippen LogP) is 2.74. The van der Waals surface area contributed by atoms with Gasteiger partial charge in [-0.1, -0.05) is 6.92 Å². The lowest BCUT2D eigenvalue weighted by atomic mass is 9.94. The van der Waals surface area contributed by atoms with E-state index in [-0.39, 0.29) is 5.91 Å². The fourth-order valence-corrected chi connectivity index (χ4v) is 3.21. The van der Waals surface area contributed by atoms with Crippen LogP contribution in [0.3, 0.4) is 0 Å². The molecule has 0 bridgehead atoms. The molecular weight excluding hydrogens is 288 g/mol. The summed E-state index contributed by atoms with van der Waals surface area (Å²) in [6, 6.07) is 4.04. The Kier molecular flexibility index (Phi) is 5.05. The maximum absolute atomic E-state index is 11.6. The number of amides is 1. The van der Waals surface area contributed by atoms with Crippen LogP contribution in [0.5, 0.6) is 0 Å². The van der Waals surface area contributed by atoms with Crippen LogP contribution < -0.4 is 5.32 Å². The van der Waals surface area contributed by atoms with Crippen molar-refractivity contribution in [1.29, 1.82) is 0 Å². The maximum Gasteiger partial charge on any atom is 0.220 e. The Bertz CT molecular complexity index is 663. The average Bonchev–Trinajstić information content (AvgIpc) is 2.95. The van der Waals surface area contributed by atoms with E-state index in [2.05, 4.69) is 15.0 Å². The molecule has 2 aromatic rings. The summed E-state index contributed by atoms with van der Waals surface area (Å²) in [4.78, 5) is 15.7. The number of hydrogen-bond acceptors (Lipinski definition) is 3. The highest BCUT2D eigenvalue weighted by molar-refractivity contribution is 5.75. The van der Waals surface area contributed by atoms with Gasteiger partial charge in [0.1, 0.15) is 0 Å². The molecule has 0 atom stereocenters. The summed E-state index contributed by atoms with van der Waals surface area (Å²) in [6.45, 7) is 3.40. The van der Waals surface area contributed by atoms with Gasteiger partial charge in [0.05, 0.1) is 12.2 Å². The van der Waals surface area contributed by atoms with Crippen LogP contribution in [0.4, 0.5) is 0 Å². The van der Waals surface area contributed by atoms with Crippen molar-refractivity contribution in [3.05, 3.63) is 35.8 Å². The van der Waals surface area contributed by atoms with Crippen molar-refractivity contribution in [3.8, 4) is 11.3 Å². The van der Waals surface area contributed by atoms with Gasteiger partial charge in [0.15, 0.2) is 0 Å². The number of fused-ring (bicyclic) bond motifs is 1. The molecule has 1 N–H and O–H groups in total. The summed E-state index contributed by atoms with van der Waals surface area (Å²) in [5.41, 5.74) is 4.93. The molecule has 0 aromatic carbocycles. The van der Waals surface area contributed by atoms with Crippen LogP contribution in [-0.4, -0.2) is 27.2 Å². The fraction of sp³-hybridized carbons (Fsp3) is 0.500. The largest absolute Gasteiger partial charge is 0.354 e. The molecule has 0 spiro atoms. The normalized spacial score (nSPS) is 13.6. The molecule has 0 unspecified atom stereocenters. The fourth-order valence-electron chi connectivity index (χ4n) is 3.21. The summed E-state index contributed by atoms with van der Waals surface area (Å²) in [7, 11) is 0. The highest BCUT2D eigenvalue weighted by Gasteiger charge is 2.21. The molecule has 1 amide bonds. The first kappa shape index (κ1) is 15.7. The second kappa shape index (κ2) is 7.40. The number of pyridine rings is 1. The van der Waals surface area contributed by atoms with E-state index in [1.54, 1.807) is 0 Å². The summed E-state index contributed by atoms with van der Waals surface area (Å²) >= 11 is 0. The first-order valence-electron chi connectivity index (χ1n) is 8.55. The SMILES string of the molecule is CCCC(=O)NCCn1nc(-c2ccncc2)c2c1CCCC2. The molecule has 0 aliphatic heterocycles. The minimum absolute atomic E-state index is 0.128. The van der Waals surface area contributed by atoms with Gasteiger partial charge in [-0.25, -0.2) is 0 Å². The molecule has 2 heterocycles. The van der Waals surface area contributed by atoms with Crippen LogP contribution in [0.15, 0.2) is 24.5 Å². The van der Waals surface area contributed by atoms with E-state index in [9.17, 15) is 4.79 Å². The zero-order valence-electron chi connectivity index (χ0n) is 13.7. The van der Waals surface area contributed by atoms with Crippen molar-refractivity contribution in [2.45, 2.75) is 52.0 Å². The molecule has 3 rings (SSSR count). The Labute approximate surface area is 137 Å². The number of rotatable bonds is 6. The second-order valence-electron chi connectivity index (χ2n) is 6.04. The van der Waals surface area contributed by atoms with Crippen LogP contribution >= 0.6 is 0 Å². The molecule has 0 fully saturated rings. The van der Waals surface area contributed by atoms with Gasteiger partial charge in [-0.15, -0.1) is 0 Å². The third-order valence-corrected chi connectivity index (χ3v) is 4.33. The van der Waals surface area contributed by atoms with Crippen molar-refractivity contribution in [3.63, 3.8) is 0 Å². The highest BCUT2D eigenvalue weighted by atomic mass is 16.1. The lowest BCUT2D eigenvalue weighted by molar-refractivity contribution is -0.121. The van der Waals surface area contributed by atoms with Gasteiger partial charge >= 0.3 is 0 Å². The lowest BCUT2D eigenvalue weighted by Crippen LogP contribution is -2.27. The number of carbonyl (C=O) groups excluding carboxylic acids is 1. The number of carbonyl (C=O) groups is 1. The minimum Gasteiger partial charge on any atom is -0.354 e. The van der Waals surface area contributed by atoms with Crippen molar-refractivity contribution < 1.29 is 4.79 Å². The third kappa shape index (κ3) is 3.60. The van der Waals surface area contributed by atoms with E-state index in [0.29, 0.717) is 13.0 Å². The molecule has 0 saturated heterocycles. The van der Waals surface area contributed by atoms with Crippen LogP contribution in [0.25, 0.3) is 11.3 Å². The first-order chi connectivity index (χ1) is 11.3. The predicted molar refractivity (Wildman–Crippen MR) is 90.0 cm³/mol. The van der Waals surface area contributed by atoms with E-state index in [1.807, 2.05) is 31.5 Å². The Morgan fingerprint density at radius 2 is 2.04 bits per heavy atom. The molecule has 122 valence electrons. The standard InChI is InChI=1S/C18H24N4O/c1-2-5-17(23)20-12-13-22-16-7-4-3-6-15(16)18(21-22)14-8-10-19-11-9-14/h8-11H,2-7,12-13H2,1H3,(H,20,23). The molecular formula is C18H24N4O. The van der Waals surface area contributed by atoms with E-state index >= 15 is 0 Å². The zero-order valence-corrected chi connectivity index (χ0v) is 13.7. The van der Waals surface area contributed by atoms with Crippen LogP contribution in [-0.2, 0) is 24.2 Å². The highest BCUT2D eigenvalue weighted by Crippen LogP contribution is 2.30. The van der Waals surface area contributed by atoms with Crippen molar-refractivity contribution in [2.75, 3.05) is 6.54 Å². The van der Waals surface area contributed by atoms with E-state index in [4.69, 9.17) is 5.10 Å². The van der Waals surface area contributed by atoms with Crippen molar-refractivity contribution >= 4 is 5.91 Å². The van der Waals surface area contributed by atoms with Gasteiger partial charge in [0.25, 0.3) is 0 Å². The Morgan fingerprint density at radius 1 is 1.26 bits per heavy atom. The molecule has 0 saturated carbocycles. The van der Waals surface area contributed by atoms with Crippen LogP contribution in [0.2, 0.25) is 0 Å². The number of nitrogens with zero attached hydrogens (tertiary/aromatic N) is 3. The molecule has 2 aromatic heterocycles. The number of hydrogen-bond donors (Lipinski definition) is 1. The van der Waals surface area contributed by atoms with E-state index in [1.165, 1.54) is 24.1 Å². The third-order valence-electron chi connectivity index (χ3n) is 4.33. The van der Waals surface area contributed by atoms with Crippen LogP contribution in [0, 0.1) is 0 Å². The topological polar surface area (TPSA) is 59.8 Å². The molecule has 23 heavy (non-hydrogen) atoms. The van der Waals surface area contributed by atoms with E-state index < -0.39 is 0 Å². The average molecular weight is 312 g/mol. The van der Waals surface area contributed by atoms with Crippen molar-refractivity contribution in [1.82, 2.24) is 20.1 Å². The van der Waals surface area contributed by atoms with Gasteiger partial charge < -0.3 is 5.32 Å². The quantitative estimate of drug-likeness (QED) is 0.892. The van der Waals surface area contributed by atoms with Gasteiger partial charge in [0, 0.05) is 42.2 Å². The van der Waals surface area contributed by atoms with Crippen LogP contribution in [0.1, 0.15) is 43.9 Å². The molecule has 5 nitrogen and oxygen atoms in total. The van der Waals surface area contributed by atoms with Gasteiger partial charge in [-0.05, 0) is 44.2 Å². The molecule has 0 radical (unpaired) electrons. The Hall–Kier alpha value is -2.17. The smallest absolute Gasteiger partial charge is 0.220 e. The summed E-state index contributed by atoms with van der Waals surface area (Å²) in [5.74, 6) is 0.128. The number of aromatic nitrogens is 3. The lowest BCUT2D eigenvalue weighted by Gasteiger charge is -2.14. The molecule has 1 aliphatic carbocycles. The minimum atomic E-state index is 0.128. The summed E-state index contributed by atoms with van der Waals surface area (Å²) in [5, 5.41) is 7.82. The van der Waals surface area contributed by atoms with Crippen molar-refractivity contribution in [2.24, 2.45) is 0 Å². The summed E-state index contributed by atoms with van der Waals surface area (Å²) < 4.78 is 2.09. The zero-order chi connectivity index (χ0) is 16.1. The monoisotopic (exact) mass is 312 g/mol. The second-order valence-corrected chi connectivity index (χ2v) is 6.04.